The Labute approximate surface area is 210 Å². The summed E-state index contributed by atoms with van der Waals surface area (Å²) in [6.07, 6.45) is 0.895. The fourth-order valence-corrected chi connectivity index (χ4v) is 4.60. The van der Waals surface area contributed by atoms with Crippen molar-refractivity contribution in [2.24, 2.45) is 5.92 Å². The van der Waals surface area contributed by atoms with Crippen LogP contribution in [-0.4, -0.2) is 34.7 Å². The van der Waals surface area contributed by atoms with E-state index in [-0.39, 0.29) is 30.1 Å². The summed E-state index contributed by atoms with van der Waals surface area (Å²) in [7, 11) is 0. The van der Waals surface area contributed by atoms with Crippen molar-refractivity contribution >= 4 is 34.8 Å². The normalized spacial score (nSPS) is 11.8. The van der Waals surface area contributed by atoms with E-state index >= 15 is 0 Å². The van der Waals surface area contributed by atoms with E-state index in [0.29, 0.717) is 30.2 Å². The topological polar surface area (TPSA) is 40.6 Å². The van der Waals surface area contributed by atoms with E-state index in [1.807, 2.05) is 19.1 Å². The van der Waals surface area contributed by atoms with Crippen LogP contribution < -0.4 is 0 Å². The second-order valence-electron chi connectivity index (χ2n) is 8.59. The van der Waals surface area contributed by atoms with Crippen LogP contribution in [0, 0.1) is 18.7 Å². The summed E-state index contributed by atoms with van der Waals surface area (Å²) in [6, 6.07) is 16.9. The van der Waals surface area contributed by atoms with Crippen molar-refractivity contribution in [3.8, 4) is 0 Å². The highest BCUT2D eigenvalue weighted by atomic mass is 35.5. The molecule has 1 atom stereocenters. The third-order valence-corrected chi connectivity index (χ3v) is 6.95. The lowest BCUT2D eigenvalue weighted by Crippen LogP contribution is -2.44. The van der Waals surface area contributed by atoms with Crippen molar-refractivity contribution in [3.63, 3.8) is 0 Å². The average Bonchev–Trinajstić information content (AvgIpc) is 3.24. The van der Waals surface area contributed by atoms with Crippen molar-refractivity contribution in [3.05, 3.63) is 92.4 Å². The summed E-state index contributed by atoms with van der Waals surface area (Å²) in [5.41, 5.74) is 1.33. The molecule has 4 nitrogen and oxygen atoms in total. The van der Waals surface area contributed by atoms with Crippen LogP contribution in [0.4, 0.5) is 4.39 Å². The van der Waals surface area contributed by atoms with Gasteiger partial charge < -0.3 is 9.80 Å². The summed E-state index contributed by atoms with van der Waals surface area (Å²) >= 11 is 7.62. The van der Waals surface area contributed by atoms with Crippen molar-refractivity contribution in [2.75, 3.05) is 13.1 Å². The largest absolute Gasteiger partial charge is 0.332 e. The molecule has 0 aliphatic rings. The van der Waals surface area contributed by atoms with Crippen LogP contribution in [0.25, 0.3) is 0 Å². The monoisotopic (exact) mass is 500 g/mol. The molecule has 0 unspecified atom stereocenters. The molecule has 1 heterocycles. The molecule has 1 aromatic heterocycles. The maximum atomic E-state index is 13.5. The summed E-state index contributed by atoms with van der Waals surface area (Å²) in [6.45, 7) is 7.38. The van der Waals surface area contributed by atoms with Gasteiger partial charge in [-0.3, -0.25) is 9.59 Å². The lowest BCUT2D eigenvalue weighted by atomic mass is 10.1. The van der Waals surface area contributed by atoms with Gasteiger partial charge in [0.2, 0.25) is 5.91 Å². The molecule has 0 saturated carbocycles. The SMILES string of the molecule is CC[C@H](C)CN(CC(=O)N(Cc1ccc(F)cc1)Cc1ccc(C)s1)C(=O)c1ccc(Cl)cc1. The van der Waals surface area contributed by atoms with Crippen molar-refractivity contribution < 1.29 is 14.0 Å². The minimum atomic E-state index is -0.316. The fourth-order valence-electron chi connectivity index (χ4n) is 3.56. The summed E-state index contributed by atoms with van der Waals surface area (Å²) < 4.78 is 13.4. The fraction of sp³-hybridized carbons (Fsp3) is 0.333. The Morgan fingerprint density at radius 3 is 2.24 bits per heavy atom. The van der Waals surface area contributed by atoms with Gasteiger partial charge in [0.25, 0.3) is 5.91 Å². The minimum absolute atomic E-state index is 0.0304. The number of carbonyl (C=O) groups is 2. The molecule has 3 rings (SSSR count). The summed E-state index contributed by atoms with van der Waals surface area (Å²) in [5.74, 6) is -0.418. The lowest BCUT2D eigenvalue weighted by Gasteiger charge is -2.29. The second kappa shape index (κ2) is 12.1. The van der Waals surface area contributed by atoms with Crippen LogP contribution in [0.2, 0.25) is 5.02 Å². The Bertz CT molecular complexity index is 1100. The highest BCUT2D eigenvalue weighted by Crippen LogP contribution is 2.20. The Morgan fingerprint density at radius 2 is 1.65 bits per heavy atom. The third kappa shape index (κ3) is 7.40. The maximum Gasteiger partial charge on any atom is 0.254 e. The van der Waals surface area contributed by atoms with Gasteiger partial charge in [0.05, 0.1) is 6.54 Å². The highest BCUT2D eigenvalue weighted by molar-refractivity contribution is 7.11. The highest BCUT2D eigenvalue weighted by Gasteiger charge is 2.24. The van der Waals surface area contributed by atoms with Crippen LogP contribution in [0.1, 0.15) is 45.9 Å². The number of hydrogen-bond donors (Lipinski definition) is 0. The molecule has 2 amide bonds. The number of carbonyl (C=O) groups excluding carboxylic acids is 2. The van der Waals surface area contributed by atoms with E-state index in [1.165, 1.54) is 17.0 Å². The number of halogens is 2. The Hall–Kier alpha value is -2.70. The second-order valence-corrected chi connectivity index (χ2v) is 10.4. The summed E-state index contributed by atoms with van der Waals surface area (Å²) in [4.78, 5) is 32.4. The molecule has 0 radical (unpaired) electrons. The van der Waals surface area contributed by atoms with E-state index in [0.717, 1.165) is 16.9 Å². The van der Waals surface area contributed by atoms with Gasteiger partial charge in [-0.1, -0.05) is 44.0 Å². The zero-order valence-corrected chi connectivity index (χ0v) is 21.3. The van der Waals surface area contributed by atoms with Gasteiger partial charge in [-0.25, -0.2) is 4.39 Å². The van der Waals surface area contributed by atoms with Gasteiger partial charge >= 0.3 is 0 Å². The molecule has 0 bridgehead atoms. The van der Waals surface area contributed by atoms with Gasteiger partial charge in [0, 0.05) is 33.4 Å². The zero-order chi connectivity index (χ0) is 24.7. The van der Waals surface area contributed by atoms with Crippen LogP contribution in [-0.2, 0) is 17.9 Å². The molecule has 7 heteroatoms. The quantitative estimate of drug-likeness (QED) is 0.316. The van der Waals surface area contributed by atoms with Crippen molar-refractivity contribution in [2.45, 2.75) is 40.3 Å². The van der Waals surface area contributed by atoms with Crippen molar-refractivity contribution in [1.29, 1.82) is 0 Å². The third-order valence-electron chi connectivity index (χ3n) is 5.72. The van der Waals surface area contributed by atoms with Gasteiger partial charge in [-0.15, -0.1) is 11.3 Å². The molecular formula is C27H30ClFN2O2S. The first-order chi connectivity index (χ1) is 16.2. The molecule has 0 aliphatic carbocycles. The first-order valence-corrected chi connectivity index (χ1v) is 12.6. The van der Waals surface area contributed by atoms with Crippen molar-refractivity contribution in [1.82, 2.24) is 9.80 Å². The van der Waals surface area contributed by atoms with Gasteiger partial charge in [0.15, 0.2) is 0 Å². The van der Waals surface area contributed by atoms with Crippen LogP contribution in [0.15, 0.2) is 60.7 Å². The predicted molar refractivity (Wildman–Crippen MR) is 137 cm³/mol. The number of nitrogens with zero attached hydrogens (tertiary/aromatic N) is 2. The molecule has 2 aromatic carbocycles. The van der Waals surface area contributed by atoms with Gasteiger partial charge in [-0.05, 0) is 66.9 Å². The standard InChI is InChI=1S/C27H30ClFN2O2S/c1-4-19(2)15-31(27(33)22-8-10-23(28)11-9-22)18-26(32)30(17-25-14-5-20(3)34-25)16-21-6-12-24(29)13-7-21/h5-14,19H,4,15-18H2,1-3H3/t19-/m0/s1. The minimum Gasteiger partial charge on any atom is -0.332 e. The van der Waals surface area contributed by atoms with E-state index in [9.17, 15) is 14.0 Å². The molecule has 3 aromatic rings. The Balaban J connectivity index is 1.83. The average molecular weight is 501 g/mol. The zero-order valence-electron chi connectivity index (χ0n) is 19.8. The number of amides is 2. The van der Waals surface area contributed by atoms with Gasteiger partial charge in [0.1, 0.15) is 12.4 Å². The Morgan fingerprint density at radius 1 is 0.971 bits per heavy atom. The summed E-state index contributed by atoms with van der Waals surface area (Å²) in [5, 5.41) is 0.554. The van der Waals surface area contributed by atoms with Gasteiger partial charge in [-0.2, -0.15) is 0 Å². The first-order valence-electron chi connectivity index (χ1n) is 11.4. The number of benzene rings is 2. The van der Waals surface area contributed by atoms with Crippen LogP contribution in [0.3, 0.4) is 0 Å². The van der Waals surface area contributed by atoms with Crippen LogP contribution >= 0.6 is 22.9 Å². The molecule has 0 spiro atoms. The van der Waals surface area contributed by atoms with E-state index in [2.05, 4.69) is 13.8 Å². The van der Waals surface area contributed by atoms with E-state index in [4.69, 9.17) is 11.6 Å². The molecule has 0 N–H and O–H groups in total. The number of hydrogen-bond acceptors (Lipinski definition) is 3. The lowest BCUT2D eigenvalue weighted by molar-refractivity contribution is -0.133. The molecule has 34 heavy (non-hydrogen) atoms. The van der Waals surface area contributed by atoms with E-state index < -0.39 is 0 Å². The number of rotatable bonds is 10. The number of aryl methyl sites for hydroxylation is 1. The number of thiophene rings is 1. The molecule has 0 fully saturated rings. The molecule has 0 aliphatic heterocycles. The maximum absolute atomic E-state index is 13.5. The molecule has 180 valence electrons. The van der Waals surface area contributed by atoms with Crippen LogP contribution in [0.5, 0.6) is 0 Å². The first kappa shape index (κ1) is 25.9. The van der Waals surface area contributed by atoms with E-state index in [1.54, 1.807) is 57.5 Å². The predicted octanol–water partition coefficient (Wildman–Crippen LogP) is 6.57. The molecular weight excluding hydrogens is 471 g/mol. The smallest absolute Gasteiger partial charge is 0.254 e. The Kier molecular flexibility index (Phi) is 9.25. The molecule has 0 saturated heterocycles.